The Hall–Kier alpha value is -1.88. The second-order valence-corrected chi connectivity index (χ2v) is 5.28. The van der Waals surface area contributed by atoms with Crippen molar-refractivity contribution in [2.24, 2.45) is 0 Å². The highest BCUT2D eigenvalue weighted by molar-refractivity contribution is 5.97. The molecule has 0 radical (unpaired) electrons. The number of rotatable bonds is 6. The zero-order chi connectivity index (χ0) is 15.1. The van der Waals surface area contributed by atoms with Crippen LogP contribution in [0, 0.1) is 0 Å². The Labute approximate surface area is 125 Å². The molecule has 0 saturated carbocycles. The fourth-order valence-corrected chi connectivity index (χ4v) is 2.55. The van der Waals surface area contributed by atoms with Gasteiger partial charge in [0.2, 0.25) is 5.91 Å². The molecule has 2 amide bonds. The quantitative estimate of drug-likeness (QED) is 0.814. The summed E-state index contributed by atoms with van der Waals surface area (Å²) in [6.45, 7) is 2.52. The lowest BCUT2D eigenvalue weighted by molar-refractivity contribution is -0.129. The topological polar surface area (TPSA) is 61.4 Å². The van der Waals surface area contributed by atoms with Crippen LogP contribution in [0.15, 0.2) is 24.3 Å². The molecule has 0 aromatic heterocycles. The molecule has 1 heterocycles. The van der Waals surface area contributed by atoms with Gasteiger partial charge in [0, 0.05) is 18.7 Å². The number of nitrogens with one attached hydrogen (secondary N) is 2. The van der Waals surface area contributed by atoms with Crippen LogP contribution >= 0.6 is 0 Å². The predicted molar refractivity (Wildman–Crippen MR) is 82.2 cm³/mol. The maximum atomic E-state index is 12.2. The van der Waals surface area contributed by atoms with Crippen LogP contribution in [0.3, 0.4) is 0 Å². The molecule has 1 fully saturated rings. The molecule has 1 aliphatic heterocycles. The van der Waals surface area contributed by atoms with Crippen molar-refractivity contribution in [3.8, 4) is 0 Å². The molecule has 5 heteroatoms. The molecular weight excluding hydrogens is 266 g/mol. The largest absolute Gasteiger partial charge is 0.343 e. The Morgan fingerprint density at radius 2 is 1.90 bits per heavy atom. The predicted octanol–water partition coefficient (Wildman–Crippen LogP) is 0.801. The van der Waals surface area contributed by atoms with Gasteiger partial charge in [-0.25, -0.2) is 0 Å². The second kappa shape index (κ2) is 7.78. The SMILES string of the molecule is CNCCc1ccccc1C(=O)NCC(=O)N1CCCC1. The highest BCUT2D eigenvalue weighted by Crippen LogP contribution is 2.10. The minimum atomic E-state index is -0.172. The van der Waals surface area contributed by atoms with Gasteiger partial charge in [0.15, 0.2) is 0 Å². The van der Waals surface area contributed by atoms with E-state index in [9.17, 15) is 9.59 Å². The average Bonchev–Trinajstić information content (AvgIpc) is 3.05. The van der Waals surface area contributed by atoms with Gasteiger partial charge in [0.25, 0.3) is 5.91 Å². The standard InChI is InChI=1S/C16H23N3O2/c1-17-9-8-13-6-2-3-7-14(13)16(21)18-12-15(20)19-10-4-5-11-19/h2-3,6-7,17H,4-5,8-12H2,1H3,(H,18,21). The zero-order valence-electron chi connectivity index (χ0n) is 12.5. The van der Waals surface area contributed by atoms with Crippen LogP contribution in [0.4, 0.5) is 0 Å². The fraction of sp³-hybridized carbons (Fsp3) is 0.500. The number of likely N-dealkylation sites (tertiary alicyclic amines) is 1. The van der Waals surface area contributed by atoms with Crippen LogP contribution in [-0.2, 0) is 11.2 Å². The van der Waals surface area contributed by atoms with Crippen molar-refractivity contribution in [3.05, 3.63) is 35.4 Å². The first-order valence-corrected chi connectivity index (χ1v) is 7.51. The summed E-state index contributed by atoms with van der Waals surface area (Å²) in [4.78, 5) is 26.0. The summed E-state index contributed by atoms with van der Waals surface area (Å²) in [6.07, 6.45) is 2.92. The first-order chi connectivity index (χ1) is 10.2. The molecule has 2 N–H and O–H groups in total. The van der Waals surface area contributed by atoms with Crippen molar-refractivity contribution in [3.63, 3.8) is 0 Å². The molecule has 2 rings (SSSR count). The van der Waals surface area contributed by atoms with E-state index in [1.165, 1.54) is 0 Å². The Morgan fingerprint density at radius 3 is 2.62 bits per heavy atom. The lowest BCUT2D eigenvalue weighted by atomic mass is 10.0. The van der Waals surface area contributed by atoms with Crippen molar-refractivity contribution in [1.82, 2.24) is 15.5 Å². The summed E-state index contributed by atoms with van der Waals surface area (Å²) in [5, 5.41) is 5.82. The molecule has 1 aliphatic rings. The van der Waals surface area contributed by atoms with E-state index in [-0.39, 0.29) is 18.4 Å². The summed E-state index contributed by atoms with van der Waals surface area (Å²) in [6, 6.07) is 7.53. The van der Waals surface area contributed by atoms with Gasteiger partial charge in [0.1, 0.15) is 0 Å². The molecular formula is C16H23N3O2. The zero-order valence-corrected chi connectivity index (χ0v) is 12.5. The Kier molecular flexibility index (Phi) is 5.75. The first kappa shape index (κ1) is 15.5. The third-order valence-electron chi connectivity index (χ3n) is 3.77. The molecule has 114 valence electrons. The third-order valence-corrected chi connectivity index (χ3v) is 3.77. The number of carbonyl (C=O) groups is 2. The number of carbonyl (C=O) groups excluding carboxylic acids is 2. The number of hydrogen-bond acceptors (Lipinski definition) is 3. The number of amides is 2. The van der Waals surface area contributed by atoms with E-state index in [0.29, 0.717) is 5.56 Å². The fourth-order valence-electron chi connectivity index (χ4n) is 2.55. The smallest absolute Gasteiger partial charge is 0.251 e. The van der Waals surface area contributed by atoms with Crippen molar-refractivity contribution in [2.45, 2.75) is 19.3 Å². The minimum absolute atomic E-state index is 0.00792. The summed E-state index contributed by atoms with van der Waals surface area (Å²) in [5.41, 5.74) is 1.65. The van der Waals surface area contributed by atoms with E-state index in [2.05, 4.69) is 10.6 Å². The summed E-state index contributed by atoms with van der Waals surface area (Å²) < 4.78 is 0. The van der Waals surface area contributed by atoms with Crippen LogP contribution in [0.5, 0.6) is 0 Å². The normalized spacial score (nSPS) is 14.2. The van der Waals surface area contributed by atoms with E-state index in [1.54, 1.807) is 6.07 Å². The third kappa shape index (κ3) is 4.29. The highest BCUT2D eigenvalue weighted by atomic mass is 16.2. The number of hydrogen-bond donors (Lipinski definition) is 2. The maximum absolute atomic E-state index is 12.2. The number of likely N-dealkylation sites (N-methyl/N-ethyl adjacent to an activating group) is 1. The van der Waals surface area contributed by atoms with Crippen LogP contribution in [-0.4, -0.2) is 49.9 Å². The van der Waals surface area contributed by atoms with Gasteiger partial charge in [0.05, 0.1) is 6.54 Å². The molecule has 1 aromatic rings. The molecule has 0 unspecified atom stereocenters. The molecule has 21 heavy (non-hydrogen) atoms. The molecule has 0 aliphatic carbocycles. The minimum Gasteiger partial charge on any atom is -0.343 e. The number of benzene rings is 1. The lowest BCUT2D eigenvalue weighted by Crippen LogP contribution is -2.38. The van der Waals surface area contributed by atoms with Crippen molar-refractivity contribution in [1.29, 1.82) is 0 Å². The molecule has 5 nitrogen and oxygen atoms in total. The molecule has 1 aromatic carbocycles. The number of nitrogens with zero attached hydrogens (tertiary/aromatic N) is 1. The summed E-state index contributed by atoms with van der Waals surface area (Å²) >= 11 is 0. The van der Waals surface area contributed by atoms with Crippen LogP contribution in [0.25, 0.3) is 0 Å². The molecule has 0 bridgehead atoms. The molecule has 0 atom stereocenters. The molecule has 1 saturated heterocycles. The Balaban J connectivity index is 1.92. The summed E-state index contributed by atoms with van der Waals surface area (Å²) in [7, 11) is 1.89. The average molecular weight is 289 g/mol. The van der Waals surface area contributed by atoms with Gasteiger partial charge < -0.3 is 15.5 Å². The second-order valence-electron chi connectivity index (χ2n) is 5.28. The van der Waals surface area contributed by atoms with Gasteiger partial charge in [-0.15, -0.1) is 0 Å². The van der Waals surface area contributed by atoms with Gasteiger partial charge in [-0.1, -0.05) is 18.2 Å². The maximum Gasteiger partial charge on any atom is 0.251 e. The van der Waals surface area contributed by atoms with Crippen molar-refractivity contribution < 1.29 is 9.59 Å². The first-order valence-electron chi connectivity index (χ1n) is 7.51. The monoisotopic (exact) mass is 289 g/mol. The highest BCUT2D eigenvalue weighted by Gasteiger charge is 2.19. The van der Waals surface area contributed by atoms with E-state index in [4.69, 9.17) is 0 Å². The van der Waals surface area contributed by atoms with Gasteiger partial charge >= 0.3 is 0 Å². The lowest BCUT2D eigenvalue weighted by Gasteiger charge is -2.16. The summed E-state index contributed by atoms with van der Waals surface area (Å²) in [5.74, 6) is -0.164. The van der Waals surface area contributed by atoms with Crippen LogP contribution < -0.4 is 10.6 Å². The Bertz CT molecular complexity index is 496. The van der Waals surface area contributed by atoms with Gasteiger partial charge in [-0.2, -0.15) is 0 Å². The van der Waals surface area contributed by atoms with Crippen LogP contribution in [0.2, 0.25) is 0 Å². The van der Waals surface area contributed by atoms with Crippen LogP contribution in [0.1, 0.15) is 28.8 Å². The van der Waals surface area contributed by atoms with Crippen molar-refractivity contribution >= 4 is 11.8 Å². The van der Waals surface area contributed by atoms with Gasteiger partial charge in [-0.05, 0) is 44.5 Å². The van der Waals surface area contributed by atoms with E-state index in [1.807, 2.05) is 30.1 Å². The van der Waals surface area contributed by atoms with Crippen molar-refractivity contribution in [2.75, 3.05) is 33.2 Å². The van der Waals surface area contributed by atoms with E-state index < -0.39 is 0 Å². The molecule has 0 spiro atoms. The van der Waals surface area contributed by atoms with Gasteiger partial charge in [-0.3, -0.25) is 9.59 Å². The van der Waals surface area contributed by atoms with E-state index in [0.717, 1.165) is 44.5 Å². The van der Waals surface area contributed by atoms with E-state index >= 15 is 0 Å². The Morgan fingerprint density at radius 1 is 1.19 bits per heavy atom.